The zero-order valence-corrected chi connectivity index (χ0v) is 19.5. The van der Waals surface area contributed by atoms with Crippen molar-refractivity contribution in [2.24, 2.45) is 0 Å². The van der Waals surface area contributed by atoms with Crippen LogP contribution >= 0.6 is 34.8 Å². The van der Waals surface area contributed by atoms with E-state index in [1.54, 1.807) is 23.4 Å². The normalized spacial score (nSPS) is 15.9. The Morgan fingerprint density at radius 1 is 0.967 bits per heavy atom. The monoisotopic (exact) mass is 489 g/mol. The number of piperazine rings is 1. The lowest BCUT2D eigenvalue weighted by molar-refractivity contribution is 0.102. The van der Waals surface area contributed by atoms with Gasteiger partial charge in [0.25, 0.3) is 5.91 Å². The highest BCUT2D eigenvalue weighted by molar-refractivity contribution is 7.89. The van der Waals surface area contributed by atoms with E-state index in [1.807, 2.05) is 12.1 Å². The topological polar surface area (TPSA) is 69.7 Å². The van der Waals surface area contributed by atoms with Crippen LogP contribution in [0, 0.1) is 0 Å². The van der Waals surface area contributed by atoms with Gasteiger partial charge >= 0.3 is 0 Å². The molecule has 1 aliphatic rings. The van der Waals surface area contributed by atoms with Crippen molar-refractivity contribution in [3.05, 3.63) is 62.6 Å². The van der Waals surface area contributed by atoms with Crippen molar-refractivity contribution in [1.82, 2.24) is 9.21 Å². The van der Waals surface area contributed by atoms with Gasteiger partial charge in [-0.05, 0) is 36.8 Å². The minimum Gasteiger partial charge on any atom is -0.321 e. The minimum absolute atomic E-state index is 0.129. The molecule has 0 spiro atoms. The van der Waals surface area contributed by atoms with E-state index >= 15 is 0 Å². The maximum atomic E-state index is 12.5. The molecule has 1 saturated heterocycles. The Bertz CT molecular complexity index is 1020. The number of rotatable bonds is 6. The third kappa shape index (κ3) is 5.66. The van der Waals surface area contributed by atoms with E-state index in [9.17, 15) is 13.2 Å². The molecule has 6 nitrogen and oxygen atoms in total. The van der Waals surface area contributed by atoms with Gasteiger partial charge in [-0.2, -0.15) is 4.31 Å². The Kier molecular flexibility index (Phi) is 7.66. The summed E-state index contributed by atoms with van der Waals surface area (Å²) in [6.07, 6.45) is 0. The van der Waals surface area contributed by atoms with Gasteiger partial charge in [-0.3, -0.25) is 9.69 Å². The first-order valence-electron chi connectivity index (χ1n) is 9.44. The molecule has 0 aliphatic carbocycles. The highest BCUT2D eigenvalue weighted by atomic mass is 35.5. The van der Waals surface area contributed by atoms with Crippen LogP contribution in [-0.4, -0.2) is 55.5 Å². The molecule has 0 atom stereocenters. The van der Waals surface area contributed by atoms with Crippen molar-refractivity contribution < 1.29 is 13.2 Å². The van der Waals surface area contributed by atoms with Crippen molar-refractivity contribution >= 4 is 56.4 Å². The van der Waals surface area contributed by atoms with Gasteiger partial charge in [0.2, 0.25) is 10.0 Å². The van der Waals surface area contributed by atoms with Crippen molar-refractivity contribution in [2.45, 2.75) is 13.5 Å². The van der Waals surface area contributed by atoms with Crippen LogP contribution in [0.4, 0.5) is 5.69 Å². The molecule has 162 valence electrons. The summed E-state index contributed by atoms with van der Waals surface area (Å²) in [5, 5.41) is 3.66. The molecule has 0 saturated carbocycles. The fraction of sp³-hybridized carbons (Fsp3) is 0.350. The predicted molar refractivity (Wildman–Crippen MR) is 122 cm³/mol. The molecule has 3 rings (SSSR count). The van der Waals surface area contributed by atoms with E-state index in [2.05, 4.69) is 10.2 Å². The smallest absolute Gasteiger partial charge is 0.255 e. The second-order valence-electron chi connectivity index (χ2n) is 6.97. The first-order valence-corrected chi connectivity index (χ1v) is 12.2. The van der Waals surface area contributed by atoms with Gasteiger partial charge in [-0.25, -0.2) is 8.42 Å². The van der Waals surface area contributed by atoms with E-state index in [0.717, 1.165) is 5.56 Å². The first-order chi connectivity index (χ1) is 14.2. The average molecular weight is 491 g/mol. The molecule has 1 aliphatic heterocycles. The molecule has 0 radical (unpaired) electrons. The second kappa shape index (κ2) is 9.85. The van der Waals surface area contributed by atoms with Crippen LogP contribution in [-0.2, 0) is 16.6 Å². The van der Waals surface area contributed by atoms with Crippen LogP contribution in [0.2, 0.25) is 15.1 Å². The Balaban J connectivity index is 1.58. The number of carbonyl (C=O) groups is 1. The maximum Gasteiger partial charge on any atom is 0.255 e. The molecule has 1 fully saturated rings. The van der Waals surface area contributed by atoms with Crippen LogP contribution in [0.5, 0.6) is 0 Å². The second-order valence-corrected chi connectivity index (χ2v) is 10.5. The van der Waals surface area contributed by atoms with E-state index in [4.69, 9.17) is 34.8 Å². The van der Waals surface area contributed by atoms with E-state index in [1.165, 1.54) is 12.1 Å². The fourth-order valence-electron chi connectivity index (χ4n) is 3.18. The molecular weight excluding hydrogens is 469 g/mol. The number of halogens is 3. The van der Waals surface area contributed by atoms with Crippen molar-refractivity contribution in [2.75, 3.05) is 37.2 Å². The van der Waals surface area contributed by atoms with Gasteiger partial charge in [0.1, 0.15) is 0 Å². The number of hydrogen-bond donors (Lipinski definition) is 1. The maximum absolute atomic E-state index is 12.5. The highest BCUT2D eigenvalue weighted by Crippen LogP contribution is 2.32. The van der Waals surface area contributed by atoms with Crippen molar-refractivity contribution in [3.8, 4) is 0 Å². The standard InChI is InChI=1S/C20H22Cl3N3O3S/c1-2-30(28,29)26-9-7-25(8-10-26)13-14-3-5-15(6-4-14)20(27)24-19-12-17(22)16(21)11-18(19)23/h3-6,11-12H,2,7-10,13H2,1H3,(H,24,27). The molecule has 2 aromatic rings. The molecule has 2 aromatic carbocycles. The number of nitrogens with zero attached hydrogens (tertiary/aromatic N) is 2. The molecule has 1 N–H and O–H groups in total. The summed E-state index contributed by atoms with van der Waals surface area (Å²) >= 11 is 18.0. The lowest BCUT2D eigenvalue weighted by Crippen LogP contribution is -2.48. The predicted octanol–water partition coefficient (Wildman–Crippen LogP) is 4.37. The van der Waals surface area contributed by atoms with Crippen LogP contribution < -0.4 is 5.32 Å². The molecule has 0 unspecified atom stereocenters. The number of amides is 1. The third-order valence-electron chi connectivity index (χ3n) is 4.97. The Morgan fingerprint density at radius 3 is 2.17 bits per heavy atom. The first kappa shape index (κ1) is 23.3. The number of hydrogen-bond acceptors (Lipinski definition) is 4. The minimum atomic E-state index is -3.13. The molecule has 30 heavy (non-hydrogen) atoms. The Morgan fingerprint density at radius 2 is 1.57 bits per heavy atom. The molecule has 0 bridgehead atoms. The molecule has 0 aromatic heterocycles. The van der Waals surface area contributed by atoms with Crippen molar-refractivity contribution in [1.29, 1.82) is 0 Å². The quantitative estimate of drug-likeness (QED) is 0.611. The zero-order valence-electron chi connectivity index (χ0n) is 16.4. The summed E-state index contributed by atoms with van der Waals surface area (Å²) in [6.45, 7) is 4.71. The largest absolute Gasteiger partial charge is 0.321 e. The van der Waals surface area contributed by atoms with E-state index < -0.39 is 10.0 Å². The van der Waals surface area contributed by atoms with Crippen LogP contribution in [0.25, 0.3) is 0 Å². The van der Waals surface area contributed by atoms with Crippen molar-refractivity contribution in [3.63, 3.8) is 0 Å². The van der Waals surface area contributed by atoms with Gasteiger partial charge in [-0.15, -0.1) is 0 Å². The molecular formula is C20H22Cl3N3O3S. The molecule has 1 amide bonds. The molecule has 10 heteroatoms. The van der Waals surface area contributed by atoms with Crippen LogP contribution in [0.1, 0.15) is 22.8 Å². The number of carbonyl (C=O) groups excluding carboxylic acids is 1. The average Bonchev–Trinajstić information content (AvgIpc) is 2.73. The SMILES string of the molecule is CCS(=O)(=O)N1CCN(Cc2ccc(C(=O)Nc3cc(Cl)c(Cl)cc3Cl)cc2)CC1. The van der Waals surface area contributed by atoms with Crippen LogP contribution in [0.3, 0.4) is 0 Å². The van der Waals surface area contributed by atoms with Gasteiger partial charge in [0, 0.05) is 38.3 Å². The Labute approximate surface area is 191 Å². The number of sulfonamides is 1. The summed E-state index contributed by atoms with van der Waals surface area (Å²) in [6, 6.07) is 10.3. The Hall–Kier alpha value is -1.35. The van der Waals surface area contributed by atoms with Gasteiger partial charge < -0.3 is 5.32 Å². The highest BCUT2D eigenvalue weighted by Gasteiger charge is 2.25. The van der Waals surface area contributed by atoms with Gasteiger partial charge in [0.15, 0.2) is 0 Å². The van der Waals surface area contributed by atoms with Gasteiger partial charge in [0.05, 0.1) is 26.5 Å². The number of nitrogens with one attached hydrogen (secondary N) is 1. The summed E-state index contributed by atoms with van der Waals surface area (Å²) in [5.74, 6) is -0.176. The van der Waals surface area contributed by atoms with Crippen LogP contribution in [0.15, 0.2) is 36.4 Å². The third-order valence-corrected chi connectivity index (χ3v) is 7.89. The lowest BCUT2D eigenvalue weighted by Gasteiger charge is -2.33. The number of anilines is 1. The summed E-state index contributed by atoms with van der Waals surface area (Å²) < 4.78 is 25.5. The number of benzene rings is 2. The fourth-order valence-corrected chi connectivity index (χ4v) is 4.86. The zero-order chi connectivity index (χ0) is 21.9. The molecule has 1 heterocycles. The summed E-state index contributed by atoms with van der Waals surface area (Å²) in [5.41, 5.74) is 1.92. The summed E-state index contributed by atoms with van der Waals surface area (Å²) in [7, 11) is -3.13. The van der Waals surface area contributed by atoms with E-state index in [-0.39, 0.29) is 11.7 Å². The lowest BCUT2D eigenvalue weighted by atomic mass is 10.1. The van der Waals surface area contributed by atoms with E-state index in [0.29, 0.717) is 59.0 Å². The van der Waals surface area contributed by atoms with Gasteiger partial charge in [-0.1, -0.05) is 46.9 Å². The summed E-state index contributed by atoms with van der Waals surface area (Å²) in [4.78, 5) is 14.7.